The molecule has 0 spiro atoms. The van der Waals surface area contributed by atoms with Crippen molar-refractivity contribution in [2.75, 3.05) is 32.8 Å². The molecule has 1 N–H and O–H groups in total. The molecule has 30 heavy (non-hydrogen) atoms. The smallest absolute Gasteiger partial charge is 0.409 e. The second kappa shape index (κ2) is 8.71. The van der Waals surface area contributed by atoms with Crippen molar-refractivity contribution in [2.45, 2.75) is 19.9 Å². The Morgan fingerprint density at radius 2 is 1.67 bits per heavy atom. The van der Waals surface area contributed by atoms with Gasteiger partial charge < -0.3 is 14.6 Å². The minimum Gasteiger partial charge on any atom is -0.450 e. The molecule has 1 aromatic heterocycles. The van der Waals surface area contributed by atoms with Crippen LogP contribution >= 0.6 is 0 Å². The average molecular weight is 405 g/mol. The predicted octanol–water partition coefficient (Wildman–Crippen LogP) is 4.17. The number of rotatable bonds is 5. The number of aryl methyl sites for hydroxylation is 1. The SMILES string of the molecule is CCOC(=O)N1CCN([C@@H](C(=O)c2c(C)[nH]c3ccccc23)c2ccccc2)CC1. The first kappa shape index (κ1) is 20.2. The summed E-state index contributed by atoms with van der Waals surface area (Å²) in [6, 6.07) is 17.4. The molecule has 6 nitrogen and oxygen atoms in total. The van der Waals surface area contributed by atoms with Crippen LogP contribution in [-0.2, 0) is 4.74 Å². The lowest BCUT2D eigenvalue weighted by Gasteiger charge is -2.38. The molecule has 1 saturated heterocycles. The van der Waals surface area contributed by atoms with Crippen molar-refractivity contribution in [3.63, 3.8) is 0 Å². The average Bonchev–Trinajstić information content (AvgIpc) is 3.11. The van der Waals surface area contributed by atoms with Gasteiger partial charge in [0.2, 0.25) is 0 Å². The molecule has 4 rings (SSSR count). The standard InChI is InChI=1S/C24H27N3O3/c1-3-30-24(29)27-15-13-26(14-16-27)22(18-9-5-4-6-10-18)23(28)21-17(2)25-20-12-8-7-11-19(20)21/h4-12,22,25H,3,13-16H2,1-2H3/t22-/m1/s1. The Bertz CT molecular complexity index is 1040. The van der Waals surface area contributed by atoms with E-state index in [0.717, 1.165) is 27.7 Å². The molecule has 1 aliphatic rings. The molecule has 0 bridgehead atoms. The molecule has 2 heterocycles. The summed E-state index contributed by atoms with van der Waals surface area (Å²) < 4.78 is 5.13. The van der Waals surface area contributed by atoms with E-state index in [1.165, 1.54) is 0 Å². The lowest BCUT2D eigenvalue weighted by molar-refractivity contribution is 0.0575. The largest absolute Gasteiger partial charge is 0.450 e. The molecule has 0 aliphatic carbocycles. The number of para-hydroxylation sites is 1. The quantitative estimate of drug-likeness (QED) is 0.647. The first-order valence-corrected chi connectivity index (χ1v) is 10.4. The van der Waals surface area contributed by atoms with Crippen LogP contribution in [0.2, 0.25) is 0 Å². The van der Waals surface area contributed by atoms with E-state index in [1.54, 1.807) is 4.90 Å². The molecule has 3 aromatic rings. The number of fused-ring (bicyclic) bond motifs is 1. The van der Waals surface area contributed by atoms with Gasteiger partial charge in [-0.25, -0.2) is 4.79 Å². The van der Waals surface area contributed by atoms with Crippen LogP contribution in [0.3, 0.4) is 0 Å². The number of carbonyl (C=O) groups is 2. The molecule has 1 amide bonds. The minimum atomic E-state index is -0.395. The zero-order chi connectivity index (χ0) is 21.1. The van der Waals surface area contributed by atoms with E-state index in [2.05, 4.69) is 9.88 Å². The Morgan fingerprint density at radius 1 is 1.00 bits per heavy atom. The molecule has 0 saturated carbocycles. The highest BCUT2D eigenvalue weighted by molar-refractivity contribution is 6.11. The van der Waals surface area contributed by atoms with E-state index in [0.29, 0.717) is 32.8 Å². The van der Waals surface area contributed by atoms with Gasteiger partial charge in [0.05, 0.1) is 12.6 Å². The Kier molecular flexibility index (Phi) is 5.86. The van der Waals surface area contributed by atoms with E-state index in [4.69, 9.17) is 4.74 Å². The van der Waals surface area contributed by atoms with Crippen LogP contribution < -0.4 is 0 Å². The number of carbonyl (C=O) groups excluding carboxylic acids is 2. The van der Waals surface area contributed by atoms with Crippen LogP contribution in [0.5, 0.6) is 0 Å². The number of benzene rings is 2. The summed E-state index contributed by atoms with van der Waals surface area (Å²) in [5.41, 5.74) is 3.56. The molecule has 0 radical (unpaired) electrons. The molecule has 1 fully saturated rings. The van der Waals surface area contributed by atoms with Gasteiger partial charge in [0.15, 0.2) is 5.78 Å². The van der Waals surface area contributed by atoms with Crippen molar-refractivity contribution in [3.05, 3.63) is 71.4 Å². The van der Waals surface area contributed by atoms with Crippen LogP contribution in [0, 0.1) is 6.92 Å². The second-order valence-electron chi connectivity index (χ2n) is 7.57. The fourth-order valence-electron chi connectivity index (χ4n) is 4.27. The minimum absolute atomic E-state index is 0.0840. The molecule has 156 valence electrons. The van der Waals surface area contributed by atoms with Crippen molar-refractivity contribution in [2.24, 2.45) is 0 Å². The number of piperazine rings is 1. The van der Waals surface area contributed by atoms with E-state index < -0.39 is 6.04 Å². The van der Waals surface area contributed by atoms with E-state index in [1.807, 2.05) is 68.4 Å². The van der Waals surface area contributed by atoms with Crippen molar-refractivity contribution in [3.8, 4) is 0 Å². The van der Waals surface area contributed by atoms with Crippen LogP contribution in [0.15, 0.2) is 54.6 Å². The number of H-pyrrole nitrogens is 1. The van der Waals surface area contributed by atoms with Gasteiger partial charge in [0.1, 0.15) is 0 Å². The molecule has 0 unspecified atom stereocenters. The van der Waals surface area contributed by atoms with Gasteiger partial charge in [-0.05, 0) is 25.5 Å². The number of ether oxygens (including phenoxy) is 1. The number of aromatic amines is 1. The number of hydrogen-bond acceptors (Lipinski definition) is 4. The fraction of sp³-hybridized carbons (Fsp3) is 0.333. The Labute approximate surface area is 176 Å². The van der Waals surface area contributed by atoms with Crippen LogP contribution in [0.4, 0.5) is 4.79 Å². The van der Waals surface area contributed by atoms with Gasteiger partial charge in [0.25, 0.3) is 0 Å². The molecule has 1 atom stereocenters. The van der Waals surface area contributed by atoms with E-state index in [-0.39, 0.29) is 11.9 Å². The maximum atomic E-state index is 13.9. The summed E-state index contributed by atoms with van der Waals surface area (Å²) in [5, 5.41) is 0.950. The summed E-state index contributed by atoms with van der Waals surface area (Å²) in [6.45, 7) is 6.45. The number of Topliss-reactive ketones (excluding diaryl/α,β-unsaturated/α-hetero) is 1. The Hall–Kier alpha value is -3.12. The highest BCUT2D eigenvalue weighted by Gasteiger charge is 2.34. The topological polar surface area (TPSA) is 65.6 Å². The lowest BCUT2D eigenvalue weighted by atomic mass is 9.93. The first-order chi connectivity index (χ1) is 14.6. The Morgan fingerprint density at radius 3 is 2.37 bits per heavy atom. The summed E-state index contributed by atoms with van der Waals surface area (Å²) in [7, 11) is 0. The summed E-state index contributed by atoms with van der Waals surface area (Å²) in [5.74, 6) is 0.0840. The zero-order valence-corrected chi connectivity index (χ0v) is 17.4. The van der Waals surface area contributed by atoms with Gasteiger partial charge in [-0.3, -0.25) is 9.69 Å². The maximum Gasteiger partial charge on any atom is 0.409 e. The molecule has 1 aliphatic heterocycles. The summed E-state index contributed by atoms with van der Waals surface area (Å²) >= 11 is 0. The molecular formula is C24H27N3O3. The maximum absolute atomic E-state index is 13.9. The van der Waals surface area contributed by atoms with Crippen LogP contribution in [0.1, 0.15) is 34.6 Å². The van der Waals surface area contributed by atoms with Crippen LogP contribution in [0.25, 0.3) is 10.9 Å². The van der Waals surface area contributed by atoms with Gasteiger partial charge in [-0.15, -0.1) is 0 Å². The summed E-state index contributed by atoms with van der Waals surface area (Å²) in [4.78, 5) is 33.2. The third kappa shape index (κ3) is 3.83. The van der Waals surface area contributed by atoms with Crippen molar-refractivity contribution < 1.29 is 14.3 Å². The van der Waals surface area contributed by atoms with E-state index >= 15 is 0 Å². The highest BCUT2D eigenvalue weighted by atomic mass is 16.6. The zero-order valence-electron chi connectivity index (χ0n) is 17.4. The van der Waals surface area contributed by atoms with Gasteiger partial charge in [-0.1, -0.05) is 48.5 Å². The molecular weight excluding hydrogens is 378 g/mol. The normalized spacial score (nSPS) is 15.9. The number of nitrogens with one attached hydrogen (secondary N) is 1. The van der Waals surface area contributed by atoms with Crippen molar-refractivity contribution in [1.29, 1.82) is 0 Å². The first-order valence-electron chi connectivity index (χ1n) is 10.4. The van der Waals surface area contributed by atoms with Crippen LogP contribution in [-0.4, -0.2) is 59.4 Å². The van der Waals surface area contributed by atoms with Gasteiger partial charge in [0, 0.05) is 48.3 Å². The van der Waals surface area contributed by atoms with Crippen molar-refractivity contribution in [1.82, 2.24) is 14.8 Å². The second-order valence-corrected chi connectivity index (χ2v) is 7.57. The molecule has 2 aromatic carbocycles. The monoisotopic (exact) mass is 405 g/mol. The molecule has 6 heteroatoms. The number of nitrogens with zero attached hydrogens (tertiary/aromatic N) is 2. The van der Waals surface area contributed by atoms with Gasteiger partial charge >= 0.3 is 6.09 Å². The van der Waals surface area contributed by atoms with Gasteiger partial charge in [-0.2, -0.15) is 0 Å². The lowest BCUT2D eigenvalue weighted by Crippen LogP contribution is -2.51. The Balaban J connectivity index is 1.66. The predicted molar refractivity (Wildman–Crippen MR) is 117 cm³/mol. The highest BCUT2D eigenvalue weighted by Crippen LogP contribution is 2.31. The van der Waals surface area contributed by atoms with E-state index in [9.17, 15) is 9.59 Å². The number of ketones is 1. The summed E-state index contributed by atoms with van der Waals surface area (Å²) in [6.07, 6.45) is -0.285. The number of hydrogen-bond donors (Lipinski definition) is 1. The number of aromatic nitrogens is 1. The third-order valence-corrected chi connectivity index (χ3v) is 5.71. The number of amides is 1. The van der Waals surface area contributed by atoms with Crippen molar-refractivity contribution >= 4 is 22.8 Å². The third-order valence-electron chi connectivity index (χ3n) is 5.71. The fourth-order valence-corrected chi connectivity index (χ4v) is 4.27.